The van der Waals surface area contributed by atoms with Crippen molar-refractivity contribution < 1.29 is 9.53 Å². The number of carbonyl (C=O) groups is 1. The van der Waals surface area contributed by atoms with Crippen molar-refractivity contribution in [2.45, 2.75) is 88.6 Å². The monoisotopic (exact) mass is 292 g/mol. The molecule has 1 N–H and O–H groups in total. The third-order valence-corrected chi connectivity index (χ3v) is 6.36. The highest BCUT2D eigenvalue weighted by molar-refractivity contribution is 5.89. The summed E-state index contributed by atoms with van der Waals surface area (Å²) in [5.74, 6) is 1.04. The minimum absolute atomic E-state index is 0.191. The SMILES string of the molecule is CC1OCCC1N1C(=O)C2(CCCC2)NC1C1CCCC1. The predicted octanol–water partition coefficient (Wildman–Crippen LogP) is 2.42. The van der Waals surface area contributed by atoms with Crippen molar-refractivity contribution in [1.82, 2.24) is 10.2 Å². The van der Waals surface area contributed by atoms with Crippen molar-refractivity contribution in [3.8, 4) is 0 Å². The number of hydrogen-bond donors (Lipinski definition) is 1. The van der Waals surface area contributed by atoms with Crippen LogP contribution in [0, 0.1) is 5.92 Å². The van der Waals surface area contributed by atoms with Gasteiger partial charge in [-0.1, -0.05) is 25.7 Å². The van der Waals surface area contributed by atoms with Crippen LogP contribution in [0.3, 0.4) is 0 Å². The maximum atomic E-state index is 13.2. The van der Waals surface area contributed by atoms with Gasteiger partial charge in [-0.3, -0.25) is 10.1 Å². The Bertz CT molecular complexity index is 413. The molecule has 0 aromatic rings. The van der Waals surface area contributed by atoms with E-state index in [0.717, 1.165) is 25.9 Å². The Morgan fingerprint density at radius 2 is 1.86 bits per heavy atom. The van der Waals surface area contributed by atoms with Gasteiger partial charge < -0.3 is 9.64 Å². The number of nitrogens with zero attached hydrogens (tertiary/aromatic N) is 1. The molecule has 2 saturated heterocycles. The average Bonchev–Trinajstić information content (AvgIpc) is 3.22. The first-order valence-electron chi connectivity index (χ1n) is 8.93. The van der Waals surface area contributed by atoms with Crippen LogP contribution in [0.1, 0.15) is 64.7 Å². The topological polar surface area (TPSA) is 41.6 Å². The van der Waals surface area contributed by atoms with E-state index in [4.69, 9.17) is 4.74 Å². The molecule has 3 atom stereocenters. The molecule has 4 rings (SSSR count). The molecule has 3 unspecified atom stereocenters. The van der Waals surface area contributed by atoms with Gasteiger partial charge in [0.1, 0.15) is 0 Å². The van der Waals surface area contributed by atoms with Crippen molar-refractivity contribution >= 4 is 5.91 Å². The molecule has 1 amide bonds. The fourth-order valence-electron chi connectivity index (χ4n) is 5.19. The number of rotatable bonds is 2. The molecular weight excluding hydrogens is 264 g/mol. The first-order valence-corrected chi connectivity index (χ1v) is 8.93. The zero-order chi connectivity index (χ0) is 14.4. The van der Waals surface area contributed by atoms with E-state index in [1.165, 1.54) is 38.5 Å². The Morgan fingerprint density at radius 1 is 1.14 bits per heavy atom. The van der Waals surface area contributed by atoms with Gasteiger partial charge in [-0.15, -0.1) is 0 Å². The minimum atomic E-state index is -0.227. The van der Waals surface area contributed by atoms with Gasteiger partial charge in [0.25, 0.3) is 0 Å². The van der Waals surface area contributed by atoms with Crippen molar-refractivity contribution in [3.63, 3.8) is 0 Å². The smallest absolute Gasteiger partial charge is 0.244 e. The summed E-state index contributed by atoms with van der Waals surface area (Å²) < 4.78 is 5.77. The lowest BCUT2D eigenvalue weighted by Crippen LogP contribution is -2.50. The van der Waals surface area contributed by atoms with Crippen LogP contribution < -0.4 is 5.32 Å². The number of hydrogen-bond acceptors (Lipinski definition) is 3. The largest absolute Gasteiger partial charge is 0.376 e. The zero-order valence-electron chi connectivity index (χ0n) is 13.1. The first kappa shape index (κ1) is 14.0. The van der Waals surface area contributed by atoms with Crippen molar-refractivity contribution in [3.05, 3.63) is 0 Å². The lowest BCUT2D eigenvalue weighted by molar-refractivity contribution is -0.137. The quantitative estimate of drug-likeness (QED) is 0.850. The summed E-state index contributed by atoms with van der Waals surface area (Å²) in [5.41, 5.74) is -0.227. The summed E-state index contributed by atoms with van der Waals surface area (Å²) in [4.78, 5) is 15.5. The second-order valence-corrected chi connectivity index (χ2v) is 7.57. The van der Waals surface area contributed by atoms with Crippen LogP contribution in [0.4, 0.5) is 0 Å². The number of amides is 1. The van der Waals surface area contributed by atoms with E-state index in [2.05, 4.69) is 17.1 Å². The van der Waals surface area contributed by atoms with E-state index in [0.29, 0.717) is 11.8 Å². The lowest BCUT2D eigenvalue weighted by atomic mass is 9.97. The normalized spacial score (nSPS) is 40.0. The molecule has 2 aliphatic heterocycles. The van der Waals surface area contributed by atoms with Gasteiger partial charge in [0.05, 0.1) is 23.9 Å². The van der Waals surface area contributed by atoms with Gasteiger partial charge >= 0.3 is 0 Å². The number of nitrogens with one attached hydrogen (secondary N) is 1. The van der Waals surface area contributed by atoms with Crippen molar-refractivity contribution in [1.29, 1.82) is 0 Å². The zero-order valence-corrected chi connectivity index (χ0v) is 13.1. The number of ether oxygens (including phenoxy) is 1. The molecule has 4 nitrogen and oxygen atoms in total. The molecule has 0 aromatic carbocycles. The standard InChI is InChI=1S/C17H28N2O2/c1-12-14(8-11-21-12)19-15(13-6-2-3-7-13)18-17(16(19)20)9-4-5-10-17/h12-15,18H,2-11H2,1H3. The molecule has 0 radical (unpaired) electrons. The molecule has 4 heteroatoms. The molecule has 0 bridgehead atoms. The molecule has 4 fully saturated rings. The van der Waals surface area contributed by atoms with Crippen molar-refractivity contribution in [2.75, 3.05) is 6.61 Å². The summed E-state index contributed by atoms with van der Waals surface area (Å²) >= 11 is 0. The highest BCUT2D eigenvalue weighted by Crippen LogP contribution is 2.43. The lowest BCUT2D eigenvalue weighted by Gasteiger charge is -2.35. The fraction of sp³-hybridized carbons (Fsp3) is 0.941. The molecular formula is C17H28N2O2. The Morgan fingerprint density at radius 3 is 2.48 bits per heavy atom. The Balaban J connectivity index is 1.64. The summed E-state index contributed by atoms with van der Waals surface area (Å²) in [6, 6.07) is 0.288. The highest BCUT2D eigenvalue weighted by Gasteiger charge is 2.56. The van der Waals surface area contributed by atoms with Gasteiger partial charge in [-0.25, -0.2) is 0 Å². The third kappa shape index (κ3) is 2.14. The van der Waals surface area contributed by atoms with Crippen LogP contribution in [-0.2, 0) is 9.53 Å². The van der Waals surface area contributed by atoms with Crippen LogP contribution in [0.5, 0.6) is 0 Å². The highest BCUT2D eigenvalue weighted by atomic mass is 16.5. The summed E-state index contributed by atoms with van der Waals surface area (Å²) in [6.45, 7) is 2.94. The van der Waals surface area contributed by atoms with Gasteiger partial charge in [0.2, 0.25) is 5.91 Å². The van der Waals surface area contributed by atoms with E-state index >= 15 is 0 Å². The van der Waals surface area contributed by atoms with E-state index < -0.39 is 0 Å². The summed E-state index contributed by atoms with van der Waals surface area (Å²) in [7, 11) is 0. The van der Waals surface area contributed by atoms with Crippen LogP contribution in [0.2, 0.25) is 0 Å². The van der Waals surface area contributed by atoms with E-state index in [1.807, 2.05) is 0 Å². The van der Waals surface area contributed by atoms with Gasteiger partial charge in [0.15, 0.2) is 0 Å². The molecule has 2 heterocycles. The van der Waals surface area contributed by atoms with Gasteiger partial charge in [0, 0.05) is 6.61 Å². The molecule has 0 aromatic heterocycles. The maximum absolute atomic E-state index is 13.2. The van der Waals surface area contributed by atoms with Gasteiger partial charge in [-0.2, -0.15) is 0 Å². The second kappa shape index (κ2) is 5.24. The second-order valence-electron chi connectivity index (χ2n) is 7.57. The fourth-order valence-corrected chi connectivity index (χ4v) is 5.19. The number of carbonyl (C=O) groups excluding carboxylic acids is 1. The predicted molar refractivity (Wildman–Crippen MR) is 80.7 cm³/mol. The molecule has 2 saturated carbocycles. The van der Waals surface area contributed by atoms with Gasteiger partial charge in [-0.05, 0) is 44.9 Å². The molecule has 1 spiro atoms. The molecule has 21 heavy (non-hydrogen) atoms. The van der Waals surface area contributed by atoms with Crippen LogP contribution in [0.25, 0.3) is 0 Å². The maximum Gasteiger partial charge on any atom is 0.244 e. The van der Waals surface area contributed by atoms with Crippen LogP contribution in [0.15, 0.2) is 0 Å². The van der Waals surface area contributed by atoms with Crippen LogP contribution >= 0.6 is 0 Å². The Kier molecular flexibility index (Phi) is 3.49. The molecule has 4 aliphatic rings. The third-order valence-electron chi connectivity index (χ3n) is 6.36. The van der Waals surface area contributed by atoms with E-state index in [9.17, 15) is 4.79 Å². The Hall–Kier alpha value is -0.610. The minimum Gasteiger partial charge on any atom is -0.376 e. The van der Waals surface area contributed by atoms with E-state index in [1.54, 1.807) is 0 Å². The molecule has 2 aliphatic carbocycles. The molecule has 118 valence electrons. The summed E-state index contributed by atoms with van der Waals surface area (Å²) in [5, 5.41) is 3.83. The van der Waals surface area contributed by atoms with Crippen LogP contribution in [-0.4, -0.2) is 41.3 Å². The Labute approximate surface area is 127 Å². The first-order chi connectivity index (χ1) is 10.2. The van der Waals surface area contributed by atoms with Crippen molar-refractivity contribution in [2.24, 2.45) is 5.92 Å². The summed E-state index contributed by atoms with van der Waals surface area (Å²) in [6.07, 6.45) is 11.1. The average molecular weight is 292 g/mol. The van der Waals surface area contributed by atoms with E-state index in [-0.39, 0.29) is 23.9 Å².